The Balaban J connectivity index is 1.50. The average molecular weight is 639 g/mol. The summed E-state index contributed by atoms with van der Waals surface area (Å²) in [7, 11) is 0. The Morgan fingerprint density at radius 3 is 2.13 bits per heavy atom. The van der Waals surface area contributed by atoms with Gasteiger partial charge >= 0.3 is 0 Å². The van der Waals surface area contributed by atoms with Crippen molar-refractivity contribution in [1.82, 2.24) is 0 Å². The Hall–Kier alpha value is -0.620. The van der Waals surface area contributed by atoms with Crippen LogP contribution in [0.1, 0.15) is 107 Å². The molecule has 0 aromatic rings. The van der Waals surface area contributed by atoms with E-state index in [9.17, 15) is 35.7 Å². The van der Waals surface area contributed by atoms with Gasteiger partial charge in [0.05, 0.1) is 30.5 Å². The average Bonchev–Trinajstić information content (AvgIpc) is 3.34. The number of fused-ring (bicyclic) bond motifs is 5. The Morgan fingerprint density at radius 2 is 1.51 bits per heavy atom. The molecule has 1 heterocycles. The van der Waals surface area contributed by atoms with Crippen molar-refractivity contribution in [1.29, 1.82) is 0 Å². The predicted molar refractivity (Wildman–Crippen MR) is 170 cm³/mol. The zero-order valence-electron chi connectivity index (χ0n) is 28.8. The summed E-state index contributed by atoms with van der Waals surface area (Å²) < 4.78 is 12.6. The van der Waals surface area contributed by atoms with Crippen LogP contribution >= 0.6 is 0 Å². The molecule has 5 fully saturated rings. The molecule has 0 spiro atoms. The van der Waals surface area contributed by atoms with Crippen LogP contribution in [0.4, 0.5) is 0 Å². The summed E-state index contributed by atoms with van der Waals surface area (Å²) in [5.41, 5.74) is -0.670. The van der Waals surface area contributed by atoms with Crippen LogP contribution in [0.2, 0.25) is 0 Å². The van der Waals surface area contributed by atoms with Crippen LogP contribution in [-0.2, 0) is 9.47 Å². The van der Waals surface area contributed by atoms with Crippen LogP contribution in [-0.4, -0.2) is 97.0 Å². The van der Waals surface area contributed by atoms with E-state index in [1.165, 1.54) is 5.57 Å². The highest BCUT2D eigenvalue weighted by atomic mass is 16.7. The van der Waals surface area contributed by atoms with Gasteiger partial charge in [-0.1, -0.05) is 46.3 Å². The molecule has 1 saturated heterocycles. The highest BCUT2D eigenvalue weighted by Gasteiger charge is 2.72. The molecule has 9 heteroatoms. The Kier molecular flexibility index (Phi) is 9.56. The summed E-state index contributed by atoms with van der Waals surface area (Å²) in [5.74, 6) is 0.236. The number of ether oxygens (including phenoxy) is 2. The first-order valence-corrected chi connectivity index (χ1v) is 17.4. The van der Waals surface area contributed by atoms with Crippen LogP contribution < -0.4 is 0 Å². The van der Waals surface area contributed by atoms with Gasteiger partial charge in [0.2, 0.25) is 0 Å². The van der Waals surface area contributed by atoms with Crippen molar-refractivity contribution in [2.24, 2.45) is 45.3 Å². The second-order valence-corrected chi connectivity index (χ2v) is 17.4. The van der Waals surface area contributed by atoms with Crippen LogP contribution in [0.15, 0.2) is 11.6 Å². The SMILES string of the molecule is CC(C)=CCC[C@@](C)(O[C@@H]1O[C@H](CO)[C@@H](O)[C@H](O)[C@H]1O)[C@H]1CC[C@]2(C)[C@@H]1[C@@H](O)C[C@@H]1[C@@]3(C)C[C@@H](O)[C@H](O)C(C)(C)[C@@H]3CC[C@]12C. The van der Waals surface area contributed by atoms with Gasteiger partial charge in [-0.25, -0.2) is 0 Å². The Morgan fingerprint density at radius 1 is 0.867 bits per heavy atom. The molecule has 0 aromatic carbocycles. The van der Waals surface area contributed by atoms with E-state index in [-0.39, 0.29) is 39.9 Å². The van der Waals surface area contributed by atoms with Gasteiger partial charge in [-0.2, -0.15) is 0 Å². The van der Waals surface area contributed by atoms with E-state index < -0.39 is 66.6 Å². The first-order valence-electron chi connectivity index (χ1n) is 17.4. The molecule has 1 aliphatic heterocycles. The van der Waals surface area contributed by atoms with E-state index in [1.807, 2.05) is 20.8 Å². The molecule has 0 radical (unpaired) electrons. The van der Waals surface area contributed by atoms with Crippen LogP contribution in [0.5, 0.6) is 0 Å². The van der Waals surface area contributed by atoms with Gasteiger partial charge < -0.3 is 45.2 Å². The lowest BCUT2D eigenvalue weighted by atomic mass is 9.35. The number of aliphatic hydroxyl groups is 7. The zero-order valence-corrected chi connectivity index (χ0v) is 28.8. The van der Waals surface area contributed by atoms with Crippen molar-refractivity contribution < 1.29 is 45.2 Å². The Bertz CT molecular complexity index is 1110. The summed E-state index contributed by atoms with van der Waals surface area (Å²) in [6, 6.07) is 0. The summed E-state index contributed by atoms with van der Waals surface area (Å²) >= 11 is 0. The second kappa shape index (κ2) is 12.1. The first kappa shape index (κ1) is 35.7. The largest absolute Gasteiger partial charge is 0.394 e. The number of aliphatic hydroxyl groups excluding tert-OH is 7. The molecule has 0 amide bonds. The number of hydrogen-bond donors (Lipinski definition) is 7. The maximum absolute atomic E-state index is 12.2. The van der Waals surface area contributed by atoms with Crippen LogP contribution in [0.25, 0.3) is 0 Å². The molecule has 16 atom stereocenters. The van der Waals surface area contributed by atoms with E-state index in [1.54, 1.807) is 0 Å². The first-order chi connectivity index (χ1) is 20.8. The lowest BCUT2D eigenvalue weighted by Gasteiger charge is -2.71. The second-order valence-electron chi connectivity index (χ2n) is 17.4. The van der Waals surface area contributed by atoms with Crippen molar-refractivity contribution in [2.75, 3.05) is 6.61 Å². The third-order valence-corrected chi connectivity index (χ3v) is 14.5. The minimum absolute atomic E-state index is 0.0751. The highest BCUT2D eigenvalue weighted by molar-refractivity contribution is 5.21. The monoisotopic (exact) mass is 638 g/mol. The zero-order chi connectivity index (χ0) is 33.5. The molecule has 9 nitrogen and oxygen atoms in total. The van der Waals surface area contributed by atoms with Crippen molar-refractivity contribution in [2.45, 2.75) is 161 Å². The third kappa shape index (κ3) is 5.39. The Labute approximate surface area is 270 Å². The maximum Gasteiger partial charge on any atom is 0.187 e. The van der Waals surface area contributed by atoms with Gasteiger partial charge in [-0.05, 0) is 117 Å². The fourth-order valence-electron chi connectivity index (χ4n) is 12.0. The third-order valence-electron chi connectivity index (χ3n) is 14.5. The van der Waals surface area contributed by atoms with Gasteiger partial charge in [0, 0.05) is 0 Å². The molecule has 5 rings (SSSR count). The lowest BCUT2D eigenvalue weighted by Crippen LogP contribution is -2.68. The smallest absolute Gasteiger partial charge is 0.187 e. The molecule has 0 bridgehead atoms. The molecule has 4 aliphatic carbocycles. The molecule has 0 aromatic heterocycles. The fraction of sp³-hybridized carbons (Fsp3) is 0.944. The van der Waals surface area contributed by atoms with Crippen LogP contribution in [0, 0.1) is 45.3 Å². The summed E-state index contributed by atoms with van der Waals surface area (Å²) in [5, 5.41) is 76.1. The molecule has 7 N–H and O–H groups in total. The van der Waals surface area contributed by atoms with Gasteiger partial charge in [-0.15, -0.1) is 0 Å². The van der Waals surface area contributed by atoms with Gasteiger partial charge in [0.25, 0.3) is 0 Å². The topological polar surface area (TPSA) is 160 Å². The number of allylic oxidation sites excluding steroid dienone is 2. The van der Waals surface area contributed by atoms with Crippen molar-refractivity contribution in [3.8, 4) is 0 Å². The quantitative estimate of drug-likeness (QED) is 0.208. The number of hydrogen-bond acceptors (Lipinski definition) is 9. The molecule has 5 aliphatic rings. The van der Waals surface area contributed by atoms with Crippen molar-refractivity contribution >= 4 is 0 Å². The van der Waals surface area contributed by atoms with E-state index >= 15 is 0 Å². The summed E-state index contributed by atoms with van der Waals surface area (Å²) in [6.45, 7) is 16.8. The molecule has 45 heavy (non-hydrogen) atoms. The van der Waals surface area contributed by atoms with E-state index in [4.69, 9.17) is 9.47 Å². The van der Waals surface area contributed by atoms with Crippen molar-refractivity contribution in [3.63, 3.8) is 0 Å². The van der Waals surface area contributed by atoms with Gasteiger partial charge in [0.15, 0.2) is 6.29 Å². The van der Waals surface area contributed by atoms with E-state index in [0.717, 1.165) is 32.1 Å². The van der Waals surface area contributed by atoms with E-state index in [0.29, 0.717) is 19.3 Å². The fourth-order valence-corrected chi connectivity index (χ4v) is 12.0. The molecular formula is C36H62O9. The minimum atomic E-state index is -1.53. The van der Waals surface area contributed by atoms with Gasteiger partial charge in [0.1, 0.15) is 24.4 Å². The number of rotatable bonds is 7. The molecule has 4 saturated carbocycles. The van der Waals surface area contributed by atoms with Gasteiger partial charge in [-0.3, -0.25) is 0 Å². The molecular weight excluding hydrogens is 576 g/mol. The lowest BCUT2D eigenvalue weighted by molar-refractivity contribution is -0.336. The summed E-state index contributed by atoms with van der Waals surface area (Å²) in [4.78, 5) is 0. The molecule has 260 valence electrons. The standard InChI is InChI=1S/C36H62O9/c1-19(2)10-9-13-36(8,45-31-29(42)28(41)27(40)23(18-37)44-31)20-11-14-35(7)26(20)21(38)16-25-33(5)17-22(39)30(43)32(3,4)24(33)12-15-34(25,35)6/h10,20-31,37-43H,9,11-18H2,1-8H3/t20-,21-,22+,23+,24-,25+,26-,27+,28-,29+,30-,31-,33-,34+,35+,36+/m0/s1. The summed E-state index contributed by atoms with van der Waals surface area (Å²) in [6.07, 6.45) is -0.682. The highest BCUT2D eigenvalue weighted by Crippen LogP contribution is 2.76. The van der Waals surface area contributed by atoms with Crippen molar-refractivity contribution in [3.05, 3.63) is 11.6 Å². The maximum atomic E-state index is 12.2. The minimum Gasteiger partial charge on any atom is -0.394 e. The van der Waals surface area contributed by atoms with E-state index in [2.05, 4.69) is 40.7 Å². The predicted octanol–water partition coefficient (Wildman–Crippen LogP) is 3.30. The van der Waals surface area contributed by atoms with Crippen LogP contribution in [0.3, 0.4) is 0 Å². The molecule has 0 unspecified atom stereocenters. The normalized spacial score (nSPS) is 52.2.